The molecule has 0 radical (unpaired) electrons. The molecule has 0 aliphatic carbocycles. The zero-order valence-electron chi connectivity index (χ0n) is 7.20. The number of ether oxygens (including phenoxy) is 1. The molecule has 1 aromatic heterocycles. The predicted octanol–water partition coefficient (Wildman–Crippen LogP) is 0.929. The molecule has 0 fully saturated rings. The monoisotopic (exact) mass is 186 g/mol. The lowest BCUT2D eigenvalue weighted by molar-refractivity contribution is 0.0589. The summed E-state index contributed by atoms with van der Waals surface area (Å²) in [7, 11) is 3.14. The Morgan fingerprint density at radius 2 is 2.42 bits per heavy atom. The van der Waals surface area contributed by atoms with Crippen molar-refractivity contribution in [1.29, 1.82) is 0 Å². The summed E-state index contributed by atoms with van der Waals surface area (Å²) in [6.45, 7) is 0. The topological polar surface area (TPSA) is 44.1 Å². The average Bonchev–Trinajstić information content (AvgIpc) is 2.45. The minimum atomic E-state index is -0.356. The number of rotatable bonds is 2. The van der Waals surface area contributed by atoms with E-state index in [9.17, 15) is 4.79 Å². The summed E-state index contributed by atoms with van der Waals surface area (Å²) in [4.78, 5) is 15.1. The van der Waals surface area contributed by atoms with E-state index in [0.29, 0.717) is 5.69 Å². The molecule has 0 aliphatic heterocycles. The number of nitrogens with zero attached hydrogens (tertiary/aromatic N) is 2. The molecular formula is C7H10N2O2S. The first-order valence-corrected chi connectivity index (χ1v) is 4.57. The van der Waals surface area contributed by atoms with Crippen molar-refractivity contribution in [2.45, 2.75) is 5.16 Å². The molecule has 5 heteroatoms. The molecule has 0 aliphatic rings. The number of hydrogen-bond acceptors (Lipinski definition) is 4. The van der Waals surface area contributed by atoms with Crippen molar-refractivity contribution in [1.82, 2.24) is 9.55 Å². The number of thioether (sulfide) groups is 1. The smallest absolute Gasteiger partial charge is 0.356 e. The number of esters is 1. The summed E-state index contributed by atoms with van der Waals surface area (Å²) in [5.41, 5.74) is 0.474. The Bertz CT molecular complexity index is 296. The second-order valence-corrected chi connectivity index (χ2v) is 2.95. The van der Waals surface area contributed by atoms with Crippen LogP contribution in [0.4, 0.5) is 0 Å². The highest BCUT2D eigenvalue weighted by Gasteiger charge is 2.12. The van der Waals surface area contributed by atoms with E-state index < -0.39 is 0 Å². The number of imidazole rings is 1. The Morgan fingerprint density at radius 3 is 2.83 bits per heavy atom. The van der Waals surface area contributed by atoms with Gasteiger partial charge in [0.25, 0.3) is 0 Å². The number of methoxy groups -OCH3 is 1. The van der Waals surface area contributed by atoms with Gasteiger partial charge in [-0.25, -0.2) is 9.78 Å². The molecule has 4 nitrogen and oxygen atoms in total. The third-order valence-corrected chi connectivity index (χ3v) is 2.27. The van der Waals surface area contributed by atoms with E-state index in [1.165, 1.54) is 25.1 Å². The maximum Gasteiger partial charge on any atom is 0.356 e. The van der Waals surface area contributed by atoms with Gasteiger partial charge in [0.2, 0.25) is 0 Å². The summed E-state index contributed by atoms with van der Waals surface area (Å²) in [5.74, 6) is -0.356. The largest absolute Gasteiger partial charge is 0.464 e. The second kappa shape index (κ2) is 3.62. The van der Waals surface area contributed by atoms with E-state index in [0.717, 1.165) is 5.16 Å². The van der Waals surface area contributed by atoms with Gasteiger partial charge in [-0.05, 0) is 6.26 Å². The van der Waals surface area contributed by atoms with Gasteiger partial charge in [-0.3, -0.25) is 0 Å². The molecule has 0 saturated carbocycles. The van der Waals surface area contributed by atoms with Gasteiger partial charge < -0.3 is 9.30 Å². The second-order valence-electron chi connectivity index (χ2n) is 2.18. The van der Waals surface area contributed by atoms with Gasteiger partial charge in [0, 0.05) is 7.05 Å². The maximum absolute atomic E-state index is 11.1. The molecule has 1 heterocycles. The first kappa shape index (κ1) is 9.12. The number of hydrogen-bond donors (Lipinski definition) is 0. The zero-order valence-corrected chi connectivity index (χ0v) is 8.01. The minimum absolute atomic E-state index is 0.356. The van der Waals surface area contributed by atoms with E-state index >= 15 is 0 Å². The fraction of sp³-hybridized carbons (Fsp3) is 0.429. The van der Waals surface area contributed by atoms with Gasteiger partial charge >= 0.3 is 5.97 Å². The highest BCUT2D eigenvalue weighted by atomic mass is 32.2. The standard InChI is InChI=1S/C7H10N2O2S/c1-9-5(6(10)11-2)4-8-7(9)12-3/h4H,1-3H3. The molecule has 0 aromatic carbocycles. The van der Waals surface area contributed by atoms with Gasteiger partial charge in [-0.2, -0.15) is 0 Å². The number of aromatic nitrogens is 2. The fourth-order valence-electron chi connectivity index (χ4n) is 0.876. The van der Waals surface area contributed by atoms with Crippen LogP contribution < -0.4 is 0 Å². The van der Waals surface area contributed by atoms with E-state index in [-0.39, 0.29) is 5.97 Å². The van der Waals surface area contributed by atoms with Gasteiger partial charge in [-0.15, -0.1) is 0 Å². The van der Waals surface area contributed by atoms with E-state index in [1.807, 2.05) is 6.26 Å². The molecule has 0 unspecified atom stereocenters. The highest BCUT2D eigenvalue weighted by molar-refractivity contribution is 7.98. The minimum Gasteiger partial charge on any atom is -0.464 e. The van der Waals surface area contributed by atoms with Crippen molar-refractivity contribution >= 4 is 17.7 Å². The van der Waals surface area contributed by atoms with Gasteiger partial charge in [0.05, 0.1) is 13.3 Å². The molecule has 0 N–H and O–H groups in total. The predicted molar refractivity (Wildman–Crippen MR) is 46.3 cm³/mol. The molecule has 66 valence electrons. The van der Waals surface area contributed by atoms with Crippen LogP contribution in [0.3, 0.4) is 0 Å². The van der Waals surface area contributed by atoms with Gasteiger partial charge in [0.15, 0.2) is 5.16 Å². The molecule has 1 rings (SSSR count). The first-order valence-electron chi connectivity index (χ1n) is 3.34. The van der Waals surface area contributed by atoms with E-state index in [1.54, 1.807) is 11.6 Å². The zero-order chi connectivity index (χ0) is 9.14. The van der Waals surface area contributed by atoms with Crippen LogP contribution in [0, 0.1) is 0 Å². The molecule has 0 atom stereocenters. The quantitative estimate of drug-likeness (QED) is 0.509. The third-order valence-electron chi connectivity index (χ3n) is 1.52. The summed E-state index contributed by atoms with van der Waals surface area (Å²) in [5, 5.41) is 0.801. The van der Waals surface area contributed by atoms with E-state index in [2.05, 4.69) is 9.72 Å². The van der Waals surface area contributed by atoms with Crippen LogP contribution in [0.5, 0.6) is 0 Å². The molecule has 0 bridgehead atoms. The van der Waals surface area contributed by atoms with Crippen molar-refractivity contribution in [2.75, 3.05) is 13.4 Å². The maximum atomic E-state index is 11.1. The molecular weight excluding hydrogens is 176 g/mol. The third kappa shape index (κ3) is 1.45. The van der Waals surface area contributed by atoms with Crippen molar-refractivity contribution in [3.8, 4) is 0 Å². The first-order chi connectivity index (χ1) is 5.70. The Morgan fingerprint density at radius 1 is 1.75 bits per heavy atom. The summed E-state index contributed by atoms with van der Waals surface area (Å²) >= 11 is 1.49. The van der Waals surface area contributed by atoms with Crippen LogP contribution in [0.2, 0.25) is 0 Å². The fourth-order valence-corrected chi connectivity index (χ4v) is 1.41. The SMILES string of the molecule is COC(=O)c1cnc(SC)n1C. The molecule has 0 saturated heterocycles. The summed E-state index contributed by atoms with van der Waals surface area (Å²) in [6, 6.07) is 0. The van der Waals surface area contributed by atoms with Crippen molar-refractivity contribution in [2.24, 2.45) is 7.05 Å². The molecule has 0 amide bonds. The molecule has 12 heavy (non-hydrogen) atoms. The Balaban J connectivity index is 3.02. The van der Waals surface area contributed by atoms with Gasteiger partial charge in [0.1, 0.15) is 5.69 Å². The molecule has 0 spiro atoms. The average molecular weight is 186 g/mol. The van der Waals surface area contributed by atoms with Crippen molar-refractivity contribution in [3.05, 3.63) is 11.9 Å². The van der Waals surface area contributed by atoms with E-state index in [4.69, 9.17) is 0 Å². The summed E-state index contributed by atoms with van der Waals surface area (Å²) < 4.78 is 6.27. The Labute approximate surface area is 74.9 Å². The van der Waals surface area contributed by atoms with Crippen molar-refractivity contribution < 1.29 is 9.53 Å². The number of carbonyl (C=O) groups excluding carboxylic acids is 1. The molecule has 1 aromatic rings. The lowest BCUT2D eigenvalue weighted by Gasteiger charge is -2.00. The Kier molecular flexibility index (Phi) is 2.75. The van der Waals surface area contributed by atoms with Crippen LogP contribution in [0.25, 0.3) is 0 Å². The Hall–Kier alpha value is -0.970. The van der Waals surface area contributed by atoms with Crippen molar-refractivity contribution in [3.63, 3.8) is 0 Å². The summed E-state index contributed by atoms with van der Waals surface area (Å²) in [6.07, 6.45) is 3.42. The highest BCUT2D eigenvalue weighted by Crippen LogP contribution is 2.13. The van der Waals surface area contributed by atoms with Crippen LogP contribution >= 0.6 is 11.8 Å². The van der Waals surface area contributed by atoms with Crippen LogP contribution in [-0.2, 0) is 11.8 Å². The lowest BCUT2D eigenvalue weighted by Crippen LogP contribution is -2.07. The van der Waals surface area contributed by atoms with Crippen LogP contribution in [-0.4, -0.2) is 28.9 Å². The van der Waals surface area contributed by atoms with Crippen LogP contribution in [0.15, 0.2) is 11.4 Å². The number of carbonyl (C=O) groups is 1. The normalized spacial score (nSPS) is 9.92. The van der Waals surface area contributed by atoms with Gasteiger partial charge in [-0.1, -0.05) is 11.8 Å². The van der Waals surface area contributed by atoms with Crippen LogP contribution in [0.1, 0.15) is 10.5 Å². The lowest BCUT2D eigenvalue weighted by atomic mass is 10.5.